The Balaban J connectivity index is 1.96. The summed E-state index contributed by atoms with van der Waals surface area (Å²) >= 11 is 0. The van der Waals surface area contributed by atoms with Gasteiger partial charge < -0.3 is 15.7 Å². The van der Waals surface area contributed by atoms with Crippen LogP contribution in [0.1, 0.15) is 62.3 Å². The van der Waals surface area contributed by atoms with Crippen molar-refractivity contribution >= 4 is 27.8 Å². The summed E-state index contributed by atoms with van der Waals surface area (Å²) in [5.74, 6) is -5.38. The van der Waals surface area contributed by atoms with Crippen molar-refractivity contribution in [2.24, 2.45) is 5.92 Å². The average molecular weight is 594 g/mol. The Labute approximate surface area is 239 Å². The van der Waals surface area contributed by atoms with E-state index in [1.54, 1.807) is 0 Å². The van der Waals surface area contributed by atoms with E-state index < -0.39 is 64.0 Å². The zero-order valence-electron chi connectivity index (χ0n) is 23.8. The van der Waals surface area contributed by atoms with Gasteiger partial charge in [0, 0.05) is 12.1 Å². The van der Waals surface area contributed by atoms with E-state index >= 15 is 4.39 Å². The van der Waals surface area contributed by atoms with Gasteiger partial charge >= 0.3 is 5.97 Å². The van der Waals surface area contributed by atoms with E-state index in [9.17, 15) is 32.3 Å². The quantitative estimate of drug-likeness (QED) is 0.363. The molecule has 1 aliphatic heterocycles. The standard InChI is InChI=1S/C29H37F2N3O6S/c1-16(2)12-23(33-29(38)24-10-7-11-34(24)41(5,39)40)28(37)32-22(15-25(35)36)20-13-19(14-21(30)27(20)31)26-17(3)8-6-9-18(26)4/h6,8-9,13-14,16,22-24H,7,10-12,15H2,1-5H3,(H,32,37)(H,33,38)(H,35,36)/t22-,23-,24+/m0/s1. The Hall–Kier alpha value is -3.38. The second kappa shape index (κ2) is 13.1. The van der Waals surface area contributed by atoms with Crippen molar-refractivity contribution in [3.05, 3.63) is 58.7 Å². The number of aliphatic carboxylic acids is 1. The van der Waals surface area contributed by atoms with Crippen LogP contribution in [0.25, 0.3) is 11.1 Å². The molecule has 0 aromatic heterocycles. The summed E-state index contributed by atoms with van der Waals surface area (Å²) in [6.45, 7) is 7.42. The molecule has 2 aromatic rings. The molecule has 0 radical (unpaired) electrons. The number of hydrogen-bond donors (Lipinski definition) is 3. The zero-order valence-corrected chi connectivity index (χ0v) is 24.6. The molecule has 1 fully saturated rings. The number of hydrogen-bond acceptors (Lipinski definition) is 5. The SMILES string of the molecule is Cc1cccc(C)c1-c1cc(F)c(F)c([C@H](CC(=O)O)NC(=O)[C@H](CC(C)C)NC(=O)[C@H]2CCCN2S(C)(=O)=O)c1. The maximum atomic E-state index is 15.2. The minimum absolute atomic E-state index is 0.0971. The van der Waals surface area contributed by atoms with E-state index in [4.69, 9.17) is 0 Å². The summed E-state index contributed by atoms with van der Waals surface area (Å²) in [4.78, 5) is 38.3. The van der Waals surface area contributed by atoms with Crippen LogP contribution in [0.5, 0.6) is 0 Å². The lowest BCUT2D eigenvalue weighted by molar-refractivity contribution is -0.138. The van der Waals surface area contributed by atoms with Gasteiger partial charge in [0.1, 0.15) is 12.1 Å². The molecule has 2 amide bonds. The van der Waals surface area contributed by atoms with Gasteiger partial charge in [-0.3, -0.25) is 14.4 Å². The fraction of sp³-hybridized carbons (Fsp3) is 0.483. The van der Waals surface area contributed by atoms with Crippen LogP contribution in [0.3, 0.4) is 0 Å². The molecule has 224 valence electrons. The first-order chi connectivity index (χ1) is 19.1. The maximum absolute atomic E-state index is 15.2. The Morgan fingerprint density at radius 1 is 1.10 bits per heavy atom. The summed E-state index contributed by atoms with van der Waals surface area (Å²) in [5.41, 5.74) is 2.25. The van der Waals surface area contributed by atoms with Crippen molar-refractivity contribution in [1.29, 1.82) is 0 Å². The summed E-state index contributed by atoms with van der Waals surface area (Å²) < 4.78 is 55.4. The van der Waals surface area contributed by atoms with E-state index in [1.807, 2.05) is 45.9 Å². The number of carbonyl (C=O) groups excluding carboxylic acids is 2. The van der Waals surface area contributed by atoms with Gasteiger partial charge in [-0.1, -0.05) is 32.0 Å². The molecule has 1 saturated heterocycles. The molecule has 1 heterocycles. The lowest BCUT2D eigenvalue weighted by Gasteiger charge is -2.27. The van der Waals surface area contributed by atoms with Crippen molar-refractivity contribution in [3.8, 4) is 11.1 Å². The number of carboxylic acids is 1. The fourth-order valence-corrected chi connectivity index (χ4v) is 6.46. The van der Waals surface area contributed by atoms with Crippen molar-refractivity contribution in [3.63, 3.8) is 0 Å². The number of carbonyl (C=O) groups is 3. The van der Waals surface area contributed by atoms with Crippen molar-refractivity contribution in [1.82, 2.24) is 14.9 Å². The Kier molecular flexibility index (Phi) is 10.2. The van der Waals surface area contributed by atoms with Crippen LogP contribution < -0.4 is 10.6 Å². The van der Waals surface area contributed by atoms with Crippen LogP contribution in [0, 0.1) is 31.4 Å². The number of benzene rings is 2. The predicted molar refractivity (Wildman–Crippen MR) is 150 cm³/mol. The lowest BCUT2D eigenvalue weighted by Crippen LogP contribution is -2.53. The third kappa shape index (κ3) is 7.88. The van der Waals surface area contributed by atoms with Gasteiger partial charge in [0.05, 0.1) is 18.7 Å². The number of rotatable bonds is 11. The van der Waals surface area contributed by atoms with Gasteiger partial charge in [0.15, 0.2) is 11.6 Å². The smallest absolute Gasteiger partial charge is 0.305 e. The highest BCUT2D eigenvalue weighted by molar-refractivity contribution is 7.88. The highest BCUT2D eigenvalue weighted by atomic mass is 32.2. The van der Waals surface area contributed by atoms with Gasteiger partial charge in [-0.05, 0) is 73.4 Å². The van der Waals surface area contributed by atoms with Gasteiger partial charge in [-0.2, -0.15) is 4.31 Å². The first kappa shape index (κ1) is 32.1. The number of aryl methyl sites for hydroxylation is 2. The number of carboxylic acid groups (broad SMARTS) is 1. The molecular formula is C29H37F2N3O6S. The second-order valence-electron chi connectivity index (χ2n) is 11.0. The molecule has 3 atom stereocenters. The monoisotopic (exact) mass is 593 g/mol. The van der Waals surface area contributed by atoms with E-state index in [0.717, 1.165) is 27.8 Å². The van der Waals surface area contributed by atoms with E-state index in [0.29, 0.717) is 17.5 Å². The van der Waals surface area contributed by atoms with E-state index in [-0.39, 0.29) is 30.9 Å². The molecular weight excluding hydrogens is 556 g/mol. The molecule has 1 aliphatic rings. The third-order valence-corrected chi connectivity index (χ3v) is 8.46. The number of nitrogens with zero attached hydrogens (tertiary/aromatic N) is 1. The predicted octanol–water partition coefficient (Wildman–Crippen LogP) is 3.84. The largest absolute Gasteiger partial charge is 0.481 e. The highest BCUT2D eigenvalue weighted by Gasteiger charge is 2.38. The van der Waals surface area contributed by atoms with Gasteiger partial charge in [-0.25, -0.2) is 17.2 Å². The lowest BCUT2D eigenvalue weighted by atomic mass is 9.92. The first-order valence-electron chi connectivity index (χ1n) is 13.4. The molecule has 12 heteroatoms. The molecule has 0 spiro atoms. The van der Waals surface area contributed by atoms with Crippen LogP contribution in [-0.4, -0.2) is 60.5 Å². The van der Waals surface area contributed by atoms with Gasteiger partial charge in [0.2, 0.25) is 21.8 Å². The fourth-order valence-electron chi connectivity index (χ4n) is 5.33. The van der Waals surface area contributed by atoms with Gasteiger partial charge in [-0.15, -0.1) is 0 Å². The molecule has 0 unspecified atom stereocenters. The first-order valence-corrected chi connectivity index (χ1v) is 15.3. The number of nitrogens with one attached hydrogen (secondary N) is 2. The summed E-state index contributed by atoms with van der Waals surface area (Å²) in [6, 6.07) is 4.21. The highest BCUT2D eigenvalue weighted by Crippen LogP contribution is 2.33. The van der Waals surface area contributed by atoms with Crippen LogP contribution in [0.15, 0.2) is 30.3 Å². The second-order valence-corrected chi connectivity index (χ2v) is 12.9. The minimum atomic E-state index is -3.66. The van der Waals surface area contributed by atoms with Crippen molar-refractivity contribution in [2.45, 2.75) is 71.5 Å². The van der Waals surface area contributed by atoms with Crippen LogP contribution in [0.2, 0.25) is 0 Å². The minimum Gasteiger partial charge on any atom is -0.481 e. The number of amides is 2. The number of halogens is 2. The Morgan fingerprint density at radius 3 is 2.29 bits per heavy atom. The Bertz CT molecular complexity index is 1410. The molecule has 3 rings (SSSR count). The molecule has 0 saturated carbocycles. The molecule has 41 heavy (non-hydrogen) atoms. The van der Waals surface area contributed by atoms with Crippen LogP contribution in [0.4, 0.5) is 8.78 Å². The van der Waals surface area contributed by atoms with Crippen molar-refractivity contribution < 1.29 is 36.7 Å². The normalized spacial score (nSPS) is 17.3. The molecule has 0 bridgehead atoms. The topological polar surface area (TPSA) is 133 Å². The zero-order chi connectivity index (χ0) is 30.6. The average Bonchev–Trinajstić information content (AvgIpc) is 3.35. The van der Waals surface area contributed by atoms with E-state index in [1.165, 1.54) is 6.07 Å². The third-order valence-electron chi connectivity index (χ3n) is 7.17. The summed E-state index contributed by atoms with van der Waals surface area (Å²) in [6.07, 6.45) is 1.17. The van der Waals surface area contributed by atoms with Gasteiger partial charge in [0.25, 0.3) is 0 Å². The molecule has 3 N–H and O–H groups in total. The van der Waals surface area contributed by atoms with Crippen LogP contribution >= 0.6 is 0 Å². The molecule has 0 aliphatic carbocycles. The molecule has 9 nitrogen and oxygen atoms in total. The number of sulfonamides is 1. The Morgan fingerprint density at radius 2 is 1.73 bits per heavy atom. The summed E-state index contributed by atoms with van der Waals surface area (Å²) in [7, 11) is -3.66. The van der Waals surface area contributed by atoms with E-state index in [2.05, 4.69) is 10.6 Å². The molecule has 2 aromatic carbocycles. The maximum Gasteiger partial charge on any atom is 0.305 e. The van der Waals surface area contributed by atoms with Crippen molar-refractivity contribution in [2.75, 3.05) is 12.8 Å². The van der Waals surface area contributed by atoms with Crippen LogP contribution in [-0.2, 0) is 24.4 Å². The summed E-state index contributed by atoms with van der Waals surface area (Å²) in [5, 5.41) is 14.7.